The Bertz CT molecular complexity index is 1410. The number of sulfonamides is 1. The number of thiazole rings is 1. The molecule has 2 aromatic heterocycles. The van der Waals surface area contributed by atoms with Gasteiger partial charge in [-0.1, -0.05) is 11.3 Å². The summed E-state index contributed by atoms with van der Waals surface area (Å²) in [7, 11) is -1.35. The molecule has 0 amide bonds. The molecule has 0 aliphatic carbocycles. The highest BCUT2D eigenvalue weighted by Gasteiger charge is 2.24. The van der Waals surface area contributed by atoms with Gasteiger partial charge in [-0.3, -0.25) is 9.52 Å². The molecule has 0 aliphatic heterocycles. The Morgan fingerprint density at radius 1 is 1.07 bits per heavy atom. The van der Waals surface area contributed by atoms with Crippen molar-refractivity contribution in [1.29, 1.82) is 0 Å². The highest BCUT2D eigenvalue weighted by molar-refractivity contribution is 7.92. The summed E-state index contributed by atoms with van der Waals surface area (Å²) in [6.07, 6.45) is 0. The lowest BCUT2D eigenvalue weighted by Gasteiger charge is -2.09. The van der Waals surface area contributed by atoms with Crippen LogP contribution in [0.2, 0.25) is 0 Å². The number of esters is 1. The average Bonchev–Trinajstić information content (AvgIpc) is 3.25. The zero-order chi connectivity index (χ0) is 20.8. The average molecular weight is 433 g/mol. The molecule has 150 valence electrons. The first-order valence-electron chi connectivity index (χ1n) is 8.26. The summed E-state index contributed by atoms with van der Waals surface area (Å²) in [5, 5.41) is 0.474. The van der Waals surface area contributed by atoms with E-state index in [0.717, 1.165) is 11.3 Å². The second-order valence-corrected chi connectivity index (χ2v) is 8.75. The fourth-order valence-electron chi connectivity index (χ4n) is 2.95. The number of fused-ring (bicyclic) bond motifs is 2. The third-order valence-electron chi connectivity index (χ3n) is 4.33. The first-order chi connectivity index (χ1) is 13.8. The monoisotopic (exact) mass is 433 g/mol. The fourth-order valence-corrected chi connectivity index (χ4v) is 4.92. The number of nitrogens with one attached hydrogen (secondary N) is 3. The van der Waals surface area contributed by atoms with Crippen molar-refractivity contribution in [3.63, 3.8) is 0 Å². The molecular weight excluding hydrogens is 418 g/mol. The Kier molecular flexibility index (Phi) is 4.55. The summed E-state index contributed by atoms with van der Waals surface area (Å²) >= 11 is 0.911. The zero-order valence-corrected chi connectivity index (χ0v) is 16.9. The second kappa shape index (κ2) is 6.94. The lowest BCUT2D eigenvalue weighted by molar-refractivity contribution is 0.0596. The Morgan fingerprint density at radius 2 is 1.86 bits per heavy atom. The molecule has 4 aromatic rings. The van der Waals surface area contributed by atoms with Crippen LogP contribution in [0.4, 0.5) is 5.69 Å². The Morgan fingerprint density at radius 3 is 2.59 bits per heavy atom. The largest absolute Gasteiger partial charge is 0.497 e. The molecule has 2 aromatic carbocycles. The molecule has 0 saturated carbocycles. The summed E-state index contributed by atoms with van der Waals surface area (Å²) in [6, 6.07) is 9.22. The fraction of sp³-hybridized carbons (Fsp3) is 0.111. The van der Waals surface area contributed by atoms with Gasteiger partial charge in [0.05, 0.1) is 40.5 Å². The van der Waals surface area contributed by atoms with Crippen LogP contribution in [-0.2, 0) is 14.8 Å². The van der Waals surface area contributed by atoms with Crippen LogP contribution in [0.3, 0.4) is 0 Å². The molecule has 0 aliphatic rings. The minimum absolute atomic E-state index is 0.0355. The van der Waals surface area contributed by atoms with Gasteiger partial charge in [0.25, 0.3) is 10.0 Å². The number of aromatic amines is 2. The summed E-state index contributed by atoms with van der Waals surface area (Å²) in [6.45, 7) is 0. The molecule has 0 radical (unpaired) electrons. The molecule has 11 heteroatoms. The molecule has 0 spiro atoms. The SMILES string of the molecule is COC(=O)c1[nH]c2cc(OC)ccc2c1NS(=O)(=O)c1ccc2[nH]c(=O)sc2c1. The number of anilines is 1. The van der Waals surface area contributed by atoms with Crippen LogP contribution in [0, 0.1) is 0 Å². The molecule has 0 bridgehead atoms. The first-order valence-corrected chi connectivity index (χ1v) is 10.6. The van der Waals surface area contributed by atoms with Crippen LogP contribution in [0.15, 0.2) is 46.1 Å². The minimum Gasteiger partial charge on any atom is -0.497 e. The summed E-state index contributed by atoms with van der Waals surface area (Å²) < 4.78 is 38.9. The number of carbonyl (C=O) groups excluding carboxylic acids is 1. The number of H-pyrrole nitrogens is 2. The number of hydrogen-bond acceptors (Lipinski definition) is 7. The Hall–Kier alpha value is -3.31. The smallest absolute Gasteiger partial charge is 0.356 e. The van der Waals surface area contributed by atoms with E-state index >= 15 is 0 Å². The minimum atomic E-state index is -4.06. The van der Waals surface area contributed by atoms with Crippen LogP contribution in [0.5, 0.6) is 5.75 Å². The lowest BCUT2D eigenvalue weighted by atomic mass is 10.2. The maximum atomic E-state index is 13.0. The standard InChI is InChI=1S/C18H15N3O6S2/c1-26-9-3-5-11-13(7-9)19-16(17(22)27-2)15(11)21-29(24,25)10-4-6-12-14(8-10)28-18(23)20-12/h3-8,19,21H,1-2H3,(H,20,23). The van der Waals surface area contributed by atoms with Crippen molar-refractivity contribution in [3.8, 4) is 5.75 Å². The van der Waals surface area contributed by atoms with Crippen LogP contribution in [-0.4, -0.2) is 38.6 Å². The van der Waals surface area contributed by atoms with E-state index in [9.17, 15) is 18.0 Å². The maximum Gasteiger partial charge on any atom is 0.356 e. The van der Waals surface area contributed by atoms with E-state index in [4.69, 9.17) is 9.47 Å². The number of carbonyl (C=O) groups is 1. The van der Waals surface area contributed by atoms with Gasteiger partial charge in [0.15, 0.2) is 5.69 Å². The summed E-state index contributed by atoms with van der Waals surface area (Å²) in [4.78, 5) is 28.9. The van der Waals surface area contributed by atoms with Crippen molar-refractivity contribution in [2.24, 2.45) is 0 Å². The summed E-state index contributed by atoms with van der Waals surface area (Å²) in [5.74, 6) is -0.186. The molecular formula is C18H15N3O6S2. The Labute approximate surface area is 168 Å². The number of methoxy groups -OCH3 is 2. The molecule has 0 saturated heterocycles. The second-order valence-electron chi connectivity index (χ2n) is 6.06. The lowest BCUT2D eigenvalue weighted by Crippen LogP contribution is -2.15. The highest BCUT2D eigenvalue weighted by Crippen LogP contribution is 2.33. The van der Waals surface area contributed by atoms with E-state index in [1.165, 1.54) is 32.4 Å². The third kappa shape index (κ3) is 3.34. The number of rotatable bonds is 5. The van der Waals surface area contributed by atoms with Gasteiger partial charge in [0, 0.05) is 11.5 Å². The molecule has 0 unspecified atom stereocenters. The number of aromatic nitrogens is 2. The van der Waals surface area contributed by atoms with Crippen molar-refractivity contribution in [2.45, 2.75) is 4.90 Å². The molecule has 0 atom stereocenters. The molecule has 3 N–H and O–H groups in total. The molecule has 4 rings (SSSR count). The van der Waals surface area contributed by atoms with E-state index in [-0.39, 0.29) is 21.1 Å². The van der Waals surface area contributed by atoms with E-state index in [2.05, 4.69) is 14.7 Å². The van der Waals surface area contributed by atoms with Crippen LogP contribution in [0.25, 0.3) is 21.1 Å². The van der Waals surface area contributed by atoms with Crippen LogP contribution in [0.1, 0.15) is 10.5 Å². The quantitative estimate of drug-likeness (QED) is 0.415. The van der Waals surface area contributed by atoms with Crippen LogP contribution >= 0.6 is 11.3 Å². The highest BCUT2D eigenvalue weighted by atomic mass is 32.2. The van der Waals surface area contributed by atoms with Gasteiger partial charge < -0.3 is 19.4 Å². The predicted molar refractivity (Wildman–Crippen MR) is 109 cm³/mol. The van der Waals surface area contributed by atoms with Gasteiger partial charge in [-0.05, 0) is 30.3 Å². The van der Waals surface area contributed by atoms with Gasteiger partial charge >= 0.3 is 10.8 Å². The van der Waals surface area contributed by atoms with E-state index < -0.39 is 16.0 Å². The van der Waals surface area contributed by atoms with E-state index in [0.29, 0.717) is 26.9 Å². The number of hydrogen-bond donors (Lipinski definition) is 3. The molecule has 2 heterocycles. The number of benzene rings is 2. The van der Waals surface area contributed by atoms with E-state index in [1.807, 2.05) is 0 Å². The van der Waals surface area contributed by atoms with Gasteiger partial charge in [0.2, 0.25) is 0 Å². The maximum absolute atomic E-state index is 13.0. The molecule has 9 nitrogen and oxygen atoms in total. The number of ether oxygens (including phenoxy) is 2. The zero-order valence-electron chi connectivity index (χ0n) is 15.2. The Balaban J connectivity index is 1.84. The van der Waals surface area contributed by atoms with Gasteiger partial charge in [-0.25, -0.2) is 13.2 Å². The van der Waals surface area contributed by atoms with Crippen molar-refractivity contribution in [2.75, 3.05) is 18.9 Å². The normalized spacial score (nSPS) is 11.7. The molecule has 0 fully saturated rings. The topological polar surface area (TPSA) is 130 Å². The molecule has 29 heavy (non-hydrogen) atoms. The first kappa shape index (κ1) is 19.0. The van der Waals surface area contributed by atoms with Gasteiger partial charge in [-0.2, -0.15) is 0 Å². The van der Waals surface area contributed by atoms with Crippen molar-refractivity contribution in [1.82, 2.24) is 9.97 Å². The summed E-state index contributed by atoms with van der Waals surface area (Å²) in [5.41, 5.74) is 1.08. The van der Waals surface area contributed by atoms with Gasteiger partial charge in [0.1, 0.15) is 5.75 Å². The van der Waals surface area contributed by atoms with Crippen molar-refractivity contribution >= 4 is 54.1 Å². The predicted octanol–water partition coefficient (Wildman–Crippen LogP) is 2.67. The van der Waals surface area contributed by atoms with Crippen LogP contribution < -0.4 is 14.3 Å². The van der Waals surface area contributed by atoms with Crippen molar-refractivity contribution < 1.29 is 22.7 Å². The third-order valence-corrected chi connectivity index (χ3v) is 6.53. The van der Waals surface area contributed by atoms with Gasteiger partial charge in [-0.15, -0.1) is 0 Å². The van der Waals surface area contributed by atoms with Crippen molar-refractivity contribution in [3.05, 3.63) is 51.8 Å². The van der Waals surface area contributed by atoms with E-state index in [1.54, 1.807) is 18.2 Å².